The minimum Gasteiger partial charge on any atom is -0.446 e. The van der Waals surface area contributed by atoms with Gasteiger partial charge in [-0.1, -0.05) is 29.3 Å². The number of rotatable bonds is 5. The number of anilines is 2. The van der Waals surface area contributed by atoms with Gasteiger partial charge in [-0.2, -0.15) is 4.99 Å². The molecule has 34 heavy (non-hydrogen) atoms. The fourth-order valence-corrected chi connectivity index (χ4v) is 5.44. The van der Waals surface area contributed by atoms with Crippen LogP contribution in [0.3, 0.4) is 0 Å². The van der Waals surface area contributed by atoms with Gasteiger partial charge in [0, 0.05) is 29.3 Å². The molecular weight excluding hydrogens is 497 g/mol. The van der Waals surface area contributed by atoms with E-state index in [4.69, 9.17) is 33.4 Å². The van der Waals surface area contributed by atoms with Crippen molar-refractivity contribution in [3.05, 3.63) is 100 Å². The first-order chi connectivity index (χ1) is 16.3. The second-order valence-electron chi connectivity index (χ2n) is 7.38. The number of nitrogens with two attached hydrogens (primary N) is 1. The molecule has 1 atom stereocenters. The highest BCUT2D eigenvalue weighted by molar-refractivity contribution is 7.92. The summed E-state index contributed by atoms with van der Waals surface area (Å²) in [6.45, 7) is 0. The van der Waals surface area contributed by atoms with Crippen LogP contribution < -0.4 is 15.4 Å². The van der Waals surface area contributed by atoms with E-state index in [1.54, 1.807) is 48.8 Å². The Hall–Kier alpha value is -3.37. The van der Waals surface area contributed by atoms with Gasteiger partial charge in [0.2, 0.25) is 5.88 Å². The van der Waals surface area contributed by atoms with Crippen molar-refractivity contribution in [1.29, 1.82) is 0 Å². The molecule has 0 radical (unpaired) electrons. The van der Waals surface area contributed by atoms with Crippen molar-refractivity contribution in [3.63, 3.8) is 0 Å². The van der Waals surface area contributed by atoms with Crippen LogP contribution in [0.25, 0.3) is 0 Å². The Morgan fingerprint density at radius 3 is 2.56 bits per heavy atom. The van der Waals surface area contributed by atoms with E-state index in [1.807, 2.05) is 11.0 Å². The predicted octanol–water partition coefficient (Wildman–Crippen LogP) is 5.34. The Morgan fingerprint density at radius 2 is 1.82 bits per heavy atom. The third-order valence-corrected chi connectivity index (χ3v) is 7.58. The molecule has 2 aromatic carbocycles. The minimum absolute atomic E-state index is 0.0409. The van der Waals surface area contributed by atoms with Crippen LogP contribution in [0.15, 0.2) is 93.6 Å². The zero-order chi connectivity index (χ0) is 23.9. The van der Waals surface area contributed by atoms with Gasteiger partial charge in [0.05, 0.1) is 21.9 Å². The van der Waals surface area contributed by atoms with Crippen LogP contribution in [0, 0.1) is 0 Å². The Bertz CT molecular complexity index is 1490. The summed E-state index contributed by atoms with van der Waals surface area (Å²) >= 11 is 12.1. The summed E-state index contributed by atoms with van der Waals surface area (Å²) in [5.41, 5.74) is 9.09. The Morgan fingerprint density at radius 1 is 1.03 bits per heavy atom. The van der Waals surface area contributed by atoms with E-state index < -0.39 is 16.2 Å². The molecule has 8 nitrogen and oxygen atoms in total. The lowest BCUT2D eigenvalue weighted by molar-refractivity contribution is 0.565. The molecule has 0 amide bonds. The molecule has 172 valence electrons. The van der Waals surface area contributed by atoms with E-state index in [1.165, 1.54) is 24.5 Å². The number of hydrogen-bond donors (Lipinski definition) is 2. The van der Waals surface area contributed by atoms with Crippen molar-refractivity contribution < 1.29 is 12.8 Å². The number of halogens is 2. The van der Waals surface area contributed by atoms with Gasteiger partial charge in [0.15, 0.2) is 0 Å². The molecule has 3 heterocycles. The molecule has 0 fully saturated rings. The first kappa shape index (κ1) is 22.4. The number of fused-ring (bicyclic) bond motifs is 1. The summed E-state index contributed by atoms with van der Waals surface area (Å²) in [6.07, 6.45) is 4.32. The summed E-state index contributed by atoms with van der Waals surface area (Å²) in [7, 11) is -3.95. The summed E-state index contributed by atoms with van der Waals surface area (Å²) in [5, 5.41) is 0.112. The monoisotopic (exact) mass is 513 g/mol. The molecule has 5 rings (SSSR count). The predicted molar refractivity (Wildman–Crippen MR) is 132 cm³/mol. The highest BCUT2D eigenvalue weighted by Crippen LogP contribution is 2.38. The van der Waals surface area contributed by atoms with Crippen molar-refractivity contribution in [1.82, 2.24) is 4.98 Å². The molecule has 11 heteroatoms. The molecule has 1 aliphatic rings. The number of amidine groups is 1. The van der Waals surface area contributed by atoms with E-state index in [0.29, 0.717) is 23.1 Å². The second kappa shape index (κ2) is 8.77. The average molecular weight is 514 g/mol. The van der Waals surface area contributed by atoms with Crippen molar-refractivity contribution in [2.24, 2.45) is 10.7 Å². The van der Waals surface area contributed by atoms with Gasteiger partial charge < -0.3 is 15.1 Å². The zero-order valence-electron chi connectivity index (χ0n) is 17.4. The highest BCUT2D eigenvalue weighted by Gasteiger charge is 2.31. The Balaban J connectivity index is 1.48. The number of aromatic nitrogens is 1. The number of sulfonamides is 1. The SMILES string of the molecule is NC1c2ccoc2N=C(c2cccnc2)N1c1ccc(NS(=O)(=O)c2cccc(Cl)c2Cl)cc1. The number of aliphatic imine (C=N–C) groups is 1. The smallest absolute Gasteiger partial charge is 0.263 e. The van der Waals surface area contributed by atoms with Gasteiger partial charge in [0.1, 0.15) is 16.9 Å². The van der Waals surface area contributed by atoms with Crippen LogP contribution in [0.4, 0.5) is 17.3 Å². The minimum atomic E-state index is -3.95. The van der Waals surface area contributed by atoms with E-state index in [2.05, 4.69) is 14.7 Å². The van der Waals surface area contributed by atoms with Gasteiger partial charge in [0.25, 0.3) is 10.0 Å². The van der Waals surface area contributed by atoms with E-state index in [-0.39, 0.29) is 14.9 Å². The maximum atomic E-state index is 12.8. The van der Waals surface area contributed by atoms with Crippen LogP contribution in [-0.4, -0.2) is 19.2 Å². The second-order valence-corrected chi connectivity index (χ2v) is 9.81. The van der Waals surface area contributed by atoms with Crippen molar-refractivity contribution in [2.75, 3.05) is 9.62 Å². The van der Waals surface area contributed by atoms with Gasteiger partial charge in [-0.3, -0.25) is 9.71 Å². The topological polar surface area (TPSA) is 114 Å². The lowest BCUT2D eigenvalue weighted by atomic mass is 10.1. The van der Waals surface area contributed by atoms with Gasteiger partial charge in [-0.05, 0) is 54.6 Å². The summed E-state index contributed by atoms with van der Waals surface area (Å²) in [4.78, 5) is 10.5. The molecule has 0 spiro atoms. The average Bonchev–Trinajstić information content (AvgIpc) is 3.31. The van der Waals surface area contributed by atoms with Crippen LogP contribution in [-0.2, 0) is 10.0 Å². The number of pyridine rings is 1. The molecule has 0 bridgehead atoms. The van der Waals surface area contributed by atoms with Crippen LogP contribution in [0.5, 0.6) is 0 Å². The van der Waals surface area contributed by atoms with E-state index >= 15 is 0 Å². The molecule has 1 aliphatic heterocycles. The number of nitrogens with one attached hydrogen (secondary N) is 1. The maximum absolute atomic E-state index is 12.8. The van der Waals surface area contributed by atoms with Gasteiger partial charge in [-0.15, -0.1) is 0 Å². The first-order valence-electron chi connectivity index (χ1n) is 10.0. The molecule has 0 aliphatic carbocycles. The van der Waals surface area contributed by atoms with Crippen LogP contribution in [0.2, 0.25) is 10.0 Å². The molecular formula is C23H17Cl2N5O3S. The highest BCUT2D eigenvalue weighted by atomic mass is 35.5. The molecule has 0 saturated heterocycles. The van der Waals surface area contributed by atoms with Crippen LogP contribution >= 0.6 is 23.2 Å². The third-order valence-electron chi connectivity index (χ3n) is 5.23. The molecule has 1 unspecified atom stereocenters. The third kappa shape index (κ3) is 4.03. The molecule has 2 aromatic heterocycles. The fraction of sp³-hybridized carbons (Fsp3) is 0.0435. The maximum Gasteiger partial charge on any atom is 0.263 e. The lowest BCUT2D eigenvalue weighted by Gasteiger charge is -2.34. The van der Waals surface area contributed by atoms with Crippen molar-refractivity contribution in [3.8, 4) is 0 Å². The normalized spacial score (nSPS) is 15.6. The van der Waals surface area contributed by atoms with E-state index in [9.17, 15) is 8.42 Å². The molecule has 3 N–H and O–H groups in total. The molecule has 0 saturated carbocycles. The van der Waals surface area contributed by atoms with Crippen molar-refractivity contribution in [2.45, 2.75) is 11.1 Å². The zero-order valence-corrected chi connectivity index (χ0v) is 19.7. The number of nitrogens with zero attached hydrogens (tertiary/aromatic N) is 3. The van der Waals surface area contributed by atoms with Crippen LogP contribution in [0.1, 0.15) is 17.3 Å². The molecule has 4 aromatic rings. The number of hydrogen-bond acceptors (Lipinski definition) is 7. The Kier molecular flexibility index (Phi) is 5.78. The number of benzene rings is 2. The first-order valence-corrected chi connectivity index (χ1v) is 12.3. The largest absolute Gasteiger partial charge is 0.446 e. The standard InChI is InChI=1S/C23H17Cl2N5O3S/c24-18-4-1-5-19(20(18)25)34(31,32)29-15-6-8-16(9-7-15)30-21(26)17-10-12-33-23(17)28-22(30)14-3-2-11-27-13-14/h1-13,21,29H,26H2. The van der Waals surface area contributed by atoms with E-state index in [0.717, 1.165) is 11.1 Å². The lowest BCUT2D eigenvalue weighted by Crippen LogP contribution is -2.42. The quantitative estimate of drug-likeness (QED) is 0.372. The summed E-state index contributed by atoms with van der Waals surface area (Å²) in [6, 6.07) is 16.6. The summed E-state index contributed by atoms with van der Waals surface area (Å²) in [5.74, 6) is 0.993. The Labute approximate surface area is 205 Å². The van der Waals surface area contributed by atoms with Gasteiger partial charge >= 0.3 is 0 Å². The van der Waals surface area contributed by atoms with Gasteiger partial charge in [-0.25, -0.2) is 8.42 Å². The fourth-order valence-electron chi connectivity index (χ4n) is 3.62. The number of furan rings is 1. The van der Waals surface area contributed by atoms with Crippen molar-refractivity contribution >= 4 is 56.3 Å². The summed E-state index contributed by atoms with van der Waals surface area (Å²) < 4.78 is 33.7.